The molecule has 0 saturated carbocycles. The van der Waals surface area contributed by atoms with Crippen molar-refractivity contribution in [2.45, 2.75) is 26.3 Å². The summed E-state index contributed by atoms with van der Waals surface area (Å²) in [5.74, 6) is 0. The molecule has 1 unspecified atom stereocenters. The Morgan fingerprint density at radius 3 is 2.84 bits per heavy atom. The average molecular weight is 276 g/mol. The van der Waals surface area contributed by atoms with Gasteiger partial charge >= 0.3 is 0 Å². The van der Waals surface area contributed by atoms with E-state index < -0.39 is 0 Å². The lowest BCUT2D eigenvalue weighted by Gasteiger charge is -2.15. The molecule has 0 aliphatic rings. The Balaban J connectivity index is 2.13. The van der Waals surface area contributed by atoms with Crippen LogP contribution < -0.4 is 5.32 Å². The van der Waals surface area contributed by atoms with Crippen molar-refractivity contribution in [3.05, 3.63) is 56.3 Å². The van der Waals surface area contributed by atoms with Crippen molar-refractivity contribution in [3.63, 3.8) is 0 Å². The molecule has 0 aliphatic carbocycles. The zero-order valence-electron chi connectivity index (χ0n) is 10.9. The standard InChI is InChI=1S/C14H16N2O2S/c1-10-5-6-14(16(17)18)13(8-10)15-11(2)9-12-4-3-7-19-12/h3-8,11,15H,9H2,1-2H3. The van der Waals surface area contributed by atoms with Crippen molar-refractivity contribution in [3.8, 4) is 0 Å². The van der Waals surface area contributed by atoms with Crippen LogP contribution in [0.1, 0.15) is 17.4 Å². The zero-order chi connectivity index (χ0) is 13.8. The molecule has 0 amide bonds. The quantitative estimate of drug-likeness (QED) is 0.663. The predicted octanol–water partition coefficient (Wildman–Crippen LogP) is 4.01. The number of hydrogen-bond donors (Lipinski definition) is 1. The minimum Gasteiger partial charge on any atom is -0.377 e. The van der Waals surface area contributed by atoms with Gasteiger partial charge in [0, 0.05) is 23.4 Å². The Morgan fingerprint density at radius 2 is 2.21 bits per heavy atom. The fourth-order valence-corrected chi connectivity index (χ4v) is 2.81. The maximum Gasteiger partial charge on any atom is 0.292 e. The highest BCUT2D eigenvalue weighted by atomic mass is 32.1. The van der Waals surface area contributed by atoms with Gasteiger partial charge in [-0.15, -0.1) is 11.3 Å². The minimum absolute atomic E-state index is 0.128. The minimum atomic E-state index is -0.348. The van der Waals surface area contributed by atoms with Crippen LogP contribution in [0.25, 0.3) is 0 Å². The van der Waals surface area contributed by atoms with Gasteiger partial charge in [0.2, 0.25) is 0 Å². The van der Waals surface area contributed by atoms with Gasteiger partial charge in [0.25, 0.3) is 5.69 Å². The van der Waals surface area contributed by atoms with Crippen molar-refractivity contribution >= 4 is 22.7 Å². The van der Waals surface area contributed by atoms with Gasteiger partial charge in [0.1, 0.15) is 5.69 Å². The van der Waals surface area contributed by atoms with Crippen LogP contribution >= 0.6 is 11.3 Å². The van der Waals surface area contributed by atoms with Crippen molar-refractivity contribution in [1.82, 2.24) is 0 Å². The fraction of sp³-hybridized carbons (Fsp3) is 0.286. The number of aryl methyl sites for hydroxylation is 1. The van der Waals surface area contributed by atoms with E-state index in [0.29, 0.717) is 5.69 Å². The largest absolute Gasteiger partial charge is 0.377 e. The van der Waals surface area contributed by atoms with E-state index in [9.17, 15) is 10.1 Å². The number of nitro groups is 1. The molecule has 2 aromatic rings. The first-order valence-electron chi connectivity index (χ1n) is 6.10. The van der Waals surface area contributed by atoms with Crippen LogP contribution in [0, 0.1) is 17.0 Å². The summed E-state index contributed by atoms with van der Waals surface area (Å²) in [7, 11) is 0. The number of anilines is 1. The maximum atomic E-state index is 11.0. The topological polar surface area (TPSA) is 55.2 Å². The third-order valence-electron chi connectivity index (χ3n) is 2.84. The zero-order valence-corrected chi connectivity index (χ0v) is 11.7. The Labute approximate surface area is 116 Å². The highest BCUT2D eigenvalue weighted by Crippen LogP contribution is 2.26. The van der Waals surface area contributed by atoms with Crippen molar-refractivity contribution in [2.24, 2.45) is 0 Å². The summed E-state index contributed by atoms with van der Waals surface area (Å²) < 4.78 is 0. The Bertz CT molecular complexity index is 567. The molecule has 0 bridgehead atoms. The van der Waals surface area contributed by atoms with E-state index in [1.54, 1.807) is 23.5 Å². The first kappa shape index (κ1) is 13.5. The van der Waals surface area contributed by atoms with E-state index >= 15 is 0 Å². The highest BCUT2D eigenvalue weighted by Gasteiger charge is 2.15. The van der Waals surface area contributed by atoms with E-state index in [-0.39, 0.29) is 16.7 Å². The van der Waals surface area contributed by atoms with E-state index in [0.717, 1.165) is 12.0 Å². The molecule has 1 N–H and O–H groups in total. The van der Waals surface area contributed by atoms with Gasteiger partial charge in [0.05, 0.1) is 4.92 Å². The normalized spacial score (nSPS) is 12.1. The molecule has 1 aromatic heterocycles. The number of nitrogens with one attached hydrogen (secondary N) is 1. The van der Waals surface area contributed by atoms with Gasteiger partial charge in [-0.1, -0.05) is 12.1 Å². The molecule has 0 saturated heterocycles. The van der Waals surface area contributed by atoms with Gasteiger partial charge in [-0.05, 0) is 36.9 Å². The fourth-order valence-electron chi connectivity index (χ4n) is 1.97. The van der Waals surface area contributed by atoms with Gasteiger partial charge in [-0.2, -0.15) is 0 Å². The van der Waals surface area contributed by atoms with Gasteiger partial charge < -0.3 is 5.32 Å². The van der Waals surface area contributed by atoms with Crippen LogP contribution in [0.5, 0.6) is 0 Å². The molecule has 0 fully saturated rings. The number of nitrogens with zero attached hydrogens (tertiary/aromatic N) is 1. The van der Waals surface area contributed by atoms with E-state index in [2.05, 4.69) is 11.4 Å². The molecule has 19 heavy (non-hydrogen) atoms. The summed E-state index contributed by atoms with van der Waals surface area (Å²) in [6.07, 6.45) is 0.864. The van der Waals surface area contributed by atoms with Crippen LogP contribution in [-0.2, 0) is 6.42 Å². The first-order chi connectivity index (χ1) is 9.06. The maximum absolute atomic E-state index is 11.0. The van der Waals surface area contributed by atoms with Crippen LogP contribution in [0.3, 0.4) is 0 Å². The van der Waals surface area contributed by atoms with Gasteiger partial charge in [-0.3, -0.25) is 10.1 Å². The second kappa shape index (κ2) is 5.84. The molecule has 1 aromatic carbocycles. The number of rotatable bonds is 5. The average Bonchev–Trinajstić information content (AvgIpc) is 2.81. The summed E-state index contributed by atoms with van der Waals surface area (Å²) >= 11 is 1.70. The molecule has 1 atom stereocenters. The highest BCUT2D eigenvalue weighted by molar-refractivity contribution is 7.09. The molecular formula is C14H16N2O2S. The molecule has 2 rings (SSSR count). The lowest BCUT2D eigenvalue weighted by Crippen LogP contribution is -2.18. The third-order valence-corrected chi connectivity index (χ3v) is 3.74. The van der Waals surface area contributed by atoms with Crippen LogP contribution in [0.2, 0.25) is 0 Å². The van der Waals surface area contributed by atoms with Crippen molar-refractivity contribution < 1.29 is 4.92 Å². The van der Waals surface area contributed by atoms with E-state index in [1.165, 1.54) is 4.88 Å². The Kier molecular flexibility index (Phi) is 4.16. The summed E-state index contributed by atoms with van der Waals surface area (Å²) in [4.78, 5) is 11.9. The van der Waals surface area contributed by atoms with Crippen LogP contribution in [0.4, 0.5) is 11.4 Å². The molecular weight excluding hydrogens is 260 g/mol. The third kappa shape index (κ3) is 3.54. The second-order valence-corrected chi connectivity index (χ2v) is 5.64. The molecule has 0 spiro atoms. The Morgan fingerprint density at radius 1 is 1.42 bits per heavy atom. The number of thiophene rings is 1. The smallest absolute Gasteiger partial charge is 0.292 e. The SMILES string of the molecule is Cc1ccc([N+](=O)[O-])c(NC(C)Cc2cccs2)c1. The number of benzene rings is 1. The Hall–Kier alpha value is -1.88. The first-order valence-corrected chi connectivity index (χ1v) is 6.98. The van der Waals surface area contributed by atoms with Crippen molar-refractivity contribution in [1.29, 1.82) is 0 Å². The molecule has 0 aliphatic heterocycles. The van der Waals surface area contributed by atoms with Crippen LogP contribution in [-0.4, -0.2) is 11.0 Å². The second-order valence-electron chi connectivity index (χ2n) is 4.61. The predicted molar refractivity (Wildman–Crippen MR) is 78.9 cm³/mol. The van der Waals surface area contributed by atoms with Gasteiger partial charge in [0.15, 0.2) is 0 Å². The molecule has 100 valence electrons. The lowest BCUT2D eigenvalue weighted by atomic mass is 10.1. The lowest BCUT2D eigenvalue weighted by molar-refractivity contribution is -0.384. The summed E-state index contributed by atoms with van der Waals surface area (Å²) in [6.45, 7) is 3.96. The summed E-state index contributed by atoms with van der Waals surface area (Å²) in [6, 6.07) is 9.38. The van der Waals surface area contributed by atoms with E-state index in [1.807, 2.05) is 31.4 Å². The molecule has 5 heteroatoms. The number of nitro benzene ring substituents is 1. The molecule has 4 nitrogen and oxygen atoms in total. The van der Waals surface area contributed by atoms with Crippen LogP contribution in [0.15, 0.2) is 35.7 Å². The summed E-state index contributed by atoms with van der Waals surface area (Å²) in [5.41, 5.74) is 1.73. The van der Waals surface area contributed by atoms with Crippen molar-refractivity contribution in [2.75, 3.05) is 5.32 Å². The van der Waals surface area contributed by atoms with Gasteiger partial charge in [-0.25, -0.2) is 0 Å². The summed E-state index contributed by atoms with van der Waals surface area (Å²) in [5, 5.41) is 16.3. The van der Waals surface area contributed by atoms with E-state index in [4.69, 9.17) is 0 Å². The number of hydrogen-bond acceptors (Lipinski definition) is 4. The monoisotopic (exact) mass is 276 g/mol. The molecule has 1 heterocycles. The molecule has 0 radical (unpaired) electrons.